The van der Waals surface area contributed by atoms with Crippen LogP contribution in [0.3, 0.4) is 0 Å². The first-order chi connectivity index (χ1) is 37.8. The first-order valence-electron chi connectivity index (χ1n) is 32.2. The van der Waals surface area contributed by atoms with Gasteiger partial charge in [-0.2, -0.15) is 0 Å². The maximum absolute atomic E-state index is 13.0. The van der Waals surface area contributed by atoms with Crippen LogP contribution in [0.2, 0.25) is 0 Å². The first kappa shape index (κ1) is 70.0. The molecule has 8 rings (SSSR count). The van der Waals surface area contributed by atoms with Crippen LogP contribution < -0.4 is 10.6 Å². The summed E-state index contributed by atoms with van der Waals surface area (Å²) in [5, 5.41) is 9.26. The Labute approximate surface area is 483 Å². The van der Waals surface area contributed by atoms with E-state index >= 15 is 0 Å². The second-order valence-corrected chi connectivity index (χ2v) is 27.6. The molecular weight excluding hydrogens is 986 g/mol. The van der Waals surface area contributed by atoms with E-state index < -0.39 is 0 Å². The van der Waals surface area contributed by atoms with E-state index in [0.29, 0.717) is 51.1 Å². The molecule has 79 heavy (non-hydrogen) atoms. The van der Waals surface area contributed by atoms with Gasteiger partial charge in [-0.25, -0.2) is 11.0 Å². The largest absolute Gasteiger partial charge is 0.385 e. The molecule has 1 aromatic rings. The topological polar surface area (TPSA) is 133 Å². The van der Waals surface area contributed by atoms with E-state index in [4.69, 9.17) is 21.6 Å². The van der Waals surface area contributed by atoms with Gasteiger partial charge in [-0.3, -0.25) is 14.5 Å². The molecule has 7 aliphatic rings. The van der Waals surface area contributed by atoms with Gasteiger partial charge in [0.15, 0.2) is 0 Å². The second kappa shape index (κ2) is 38.5. The maximum atomic E-state index is 13.0. The molecule has 0 spiro atoms. The fourth-order valence-electron chi connectivity index (χ4n) is 14.0. The van der Waals surface area contributed by atoms with Crippen molar-refractivity contribution in [3.63, 3.8) is 0 Å². The average molecular weight is 1100 g/mol. The van der Waals surface area contributed by atoms with Gasteiger partial charge in [0.25, 0.3) is 5.91 Å². The van der Waals surface area contributed by atoms with Crippen LogP contribution in [0.25, 0.3) is 15.3 Å². The Hall–Kier alpha value is -3.23. The molecular formula is C67H118FN7O4. The van der Waals surface area contributed by atoms with Crippen molar-refractivity contribution in [3.8, 4) is 0 Å². The molecule has 0 unspecified atom stereocenters. The molecule has 0 bridgehead atoms. The number of hydrogen-bond acceptors (Lipinski definition) is 6. The van der Waals surface area contributed by atoms with E-state index in [1.54, 1.807) is 26.2 Å². The van der Waals surface area contributed by atoms with Crippen molar-refractivity contribution in [3.05, 3.63) is 57.5 Å². The quantitative estimate of drug-likeness (QED) is 0.0392. The molecule has 7 fully saturated rings. The first-order valence-corrected chi connectivity index (χ1v) is 32.2. The molecule has 1 aromatic carbocycles. The highest BCUT2D eigenvalue weighted by Gasteiger charge is 2.32. The number of methoxy groups -OCH3 is 1. The van der Waals surface area contributed by atoms with Crippen molar-refractivity contribution in [2.24, 2.45) is 37.6 Å². The van der Waals surface area contributed by atoms with Gasteiger partial charge >= 0.3 is 0 Å². The minimum atomic E-state index is -0.370. The maximum Gasteiger partial charge on any atom is 0.251 e. The van der Waals surface area contributed by atoms with E-state index in [0.717, 1.165) is 71.7 Å². The van der Waals surface area contributed by atoms with E-state index in [1.165, 1.54) is 211 Å². The minimum Gasteiger partial charge on any atom is -0.385 e. The Morgan fingerprint density at radius 3 is 1.49 bits per heavy atom. The summed E-state index contributed by atoms with van der Waals surface area (Å²) in [6.07, 6.45) is 45.5. The van der Waals surface area contributed by atoms with Gasteiger partial charge in [-0.05, 0) is 198 Å². The van der Waals surface area contributed by atoms with Crippen LogP contribution in [-0.4, -0.2) is 89.5 Å². The third kappa shape index (κ3) is 31.1. The number of nitrogens with zero attached hydrogens (tertiary/aromatic N) is 5. The Balaban J connectivity index is 0.000000251. The van der Waals surface area contributed by atoms with Crippen LogP contribution in [0.15, 0.2) is 29.4 Å². The molecule has 0 radical (unpaired) electrons. The van der Waals surface area contributed by atoms with Gasteiger partial charge in [0.2, 0.25) is 12.5 Å². The highest BCUT2D eigenvalue weighted by molar-refractivity contribution is 5.94. The van der Waals surface area contributed by atoms with Crippen LogP contribution >= 0.6 is 0 Å². The smallest absolute Gasteiger partial charge is 0.251 e. The normalized spacial score (nSPS) is 21.5. The summed E-state index contributed by atoms with van der Waals surface area (Å²) in [5.74, 6) is -0.460. The Kier molecular flexibility index (Phi) is 34.2. The van der Waals surface area contributed by atoms with E-state index in [-0.39, 0.29) is 17.6 Å². The van der Waals surface area contributed by atoms with Gasteiger partial charge in [0.1, 0.15) is 5.82 Å². The number of benzene rings is 1. The van der Waals surface area contributed by atoms with Crippen molar-refractivity contribution in [1.82, 2.24) is 15.5 Å². The Bertz CT molecular complexity index is 1870. The van der Waals surface area contributed by atoms with Gasteiger partial charge in [0.05, 0.1) is 13.2 Å². The summed E-state index contributed by atoms with van der Waals surface area (Å²) in [4.78, 5) is 31.1. The highest BCUT2D eigenvalue weighted by Crippen LogP contribution is 2.45. The van der Waals surface area contributed by atoms with Crippen LogP contribution in [0, 0.1) is 44.9 Å². The molecule has 452 valence electrons. The van der Waals surface area contributed by atoms with E-state index in [2.05, 4.69) is 71.9 Å². The number of carbonyl (C=O) groups is 2. The Morgan fingerprint density at radius 2 is 1.06 bits per heavy atom. The number of ether oxygens (including phenoxy) is 2. The number of hydrogen-bond donors (Lipinski definition) is 2. The SMILES string of the molecule is CC(=O)NCCCC1(C)CCCC1.CC1(CCCN=[N+]=[N-])CCCC1.CC1(CCN2CCOCC2)CCCC1.CC1(CCNC(=O)c2cccc(F)c2)CCCC1.COCCCC1(C)CCCC1.[C-]#[N+]CCCC1(C)CCCC1. The lowest BCUT2D eigenvalue weighted by molar-refractivity contribution is -0.119. The number of carbonyl (C=O) groups excluding carboxylic acids is 2. The number of azide groups is 1. The summed E-state index contributed by atoms with van der Waals surface area (Å²) < 4.78 is 23.4. The fourth-order valence-corrected chi connectivity index (χ4v) is 14.0. The van der Waals surface area contributed by atoms with Crippen LogP contribution in [-0.2, 0) is 14.3 Å². The molecule has 1 heterocycles. The van der Waals surface area contributed by atoms with Gasteiger partial charge < -0.3 is 25.0 Å². The zero-order valence-electron chi connectivity index (χ0n) is 52.2. The number of amides is 2. The molecule has 11 nitrogen and oxygen atoms in total. The van der Waals surface area contributed by atoms with Gasteiger partial charge in [0, 0.05) is 70.3 Å². The zero-order valence-corrected chi connectivity index (χ0v) is 52.2. The van der Waals surface area contributed by atoms with Gasteiger partial charge in [-0.1, -0.05) is 130 Å². The third-order valence-electron chi connectivity index (χ3n) is 19.7. The average Bonchev–Trinajstić information content (AvgIpc) is 4.33. The molecule has 1 aliphatic heterocycles. The van der Waals surface area contributed by atoms with Crippen molar-refractivity contribution in [1.29, 1.82) is 0 Å². The number of morpholine rings is 1. The van der Waals surface area contributed by atoms with E-state index in [9.17, 15) is 14.0 Å². The zero-order chi connectivity index (χ0) is 57.8. The number of nitrogens with one attached hydrogen (secondary N) is 2. The fraction of sp³-hybridized carbons (Fsp3) is 0.866. The standard InChI is InChI=1S/C15H20FNO.C12H23NO.C11H21NO.C10H17N.C10H20O.C9H17N3/c1-15(7-2-3-8-15)9-10-17-14(18)12-5-4-6-13(16)11-12;1-12(4-2-3-5-12)6-7-13-8-10-14-11-9-13;1-10(13)12-9-5-8-11(2)6-3-4-7-11;2*1-10(6-3-4-7-10)8-5-9-11-2;1-9(5-2-3-6-9)7-4-8-11-12-10/h4-6,11H,2-3,7-10H2,1H3,(H,17,18);2-11H2,1H3;3-9H2,1-2H3,(H,12,13);3-9H2,1H3;3-9H2,1-2H3;2-8H2,1H3. The number of halogens is 1. The highest BCUT2D eigenvalue weighted by atomic mass is 19.1. The molecule has 2 N–H and O–H groups in total. The van der Waals surface area contributed by atoms with E-state index in [1.807, 2.05) is 0 Å². The molecule has 0 atom stereocenters. The second-order valence-electron chi connectivity index (χ2n) is 27.6. The summed E-state index contributed by atoms with van der Waals surface area (Å²) in [7, 11) is 1.79. The number of rotatable bonds is 22. The van der Waals surface area contributed by atoms with Crippen LogP contribution in [0.4, 0.5) is 4.39 Å². The molecule has 6 aliphatic carbocycles. The summed E-state index contributed by atoms with van der Waals surface area (Å²) in [5.41, 5.74) is 11.9. The molecule has 6 saturated carbocycles. The Morgan fingerprint density at radius 1 is 0.633 bits per heavy atom. The lowest BCUT2D eigenvalue weighted by Crippen LogP contribution is -2.38. The molecule has 0 aromatic heterocycles. The minimum absolute atomic E-state index is 0.0941. The molecule has 12 heteroatoms. The predicted octanol–water partition coefficient (Wildman–Crippen LogP) is 18.2. The van der Waals surface area contributed by atoms with Crippen LogP contribution in [0.1, 0.15) is 277 Å². The van der Waals surface area contributed by atoms with Gasteiger partial charge in [-0.15, -0.1) is 0 Å². The summed E-state index contributed by atoms with van der Waals surface area (Å²) in [6.45, 7) is 31.9. The van der Waals surface area contributed by atoms with Crippen molar-refractivity contribution >= 4 is 11.8 Å². The lowest BCUT2D eigenvalue weighted by atomic mass is 9.84. The van der Waals surface area contributed by atoms with Crippen molar-refractivity contribution in [2.45, 2.75) is 267 Å². The molecule has 1 saturated heterocycles. The summed E-state index contributed by atoms with van der Waals surface area (Å²) >= 11 is 0. The monoisotopic (exact) mass is 1100 g/mol. The molecule has 2 amide bonds. The predicted molar refractivity (Wildman–Crippen MR) is 328 cm³/mol. The summed E-state index contributed by atoms with van der Waals surface area (Å²) in [6, 6.07) is 5.81. The lowest BCUT2D eigenvalue weighted by Gasteiger charge is -2.31. The van der Waals surface area contributed by atoms with Crippen LogP contribution in [0.5, 0.6) is 0 Å². The third-order valence-corrected chi connectivity index (χ3v) is 19.7. The van der Waals surface area contributed by atoms with Crippen molar-refractivity contribution in [2.75, 3.05) is 72.7 Å². The van der Waals surface area contributed by atoms with Crippen molar-refractivity contribution < 1.29 is 23.5 Å².